The number of para-hydroxylation sites is 2. The van der Waals surface area contributed by atoms with Crippen molar-refractivity contribution in [2.45, 2.75) is 18.9 Å². The van der Waals surface area contributed by atoms with E-state index in [9.17, 15) is 9.59 Å². The van der Waals surface area contributed by atoms with Crippen LogP contribution < -0.4 is 33.5 Å². The van der Waals surface area contributed by atoms with Crippen LogP contribution in [0, 0.1) is 5.92 Å². The number of anilines is 2. The maximum atomic E-state index is 14.3. The number of carbonyl (C=O) groups is 2. The summed E-state index contributed by atoms with van der Waals surface area (Å²) in [6, 6.07) is 18.5. The van der Waals surface area contributed by atoms with Crippen LogP contribution >= 0.6 is 0 Å². The summed E-state index contributed by atoms with van der Waals surface area (Å²) < 4.78 is 27.7. The number of piperazine rings is 1. The average Bonchev–Trinajstić information content (AvgIpc) is 3.07. The summed E-state index contributed by atoms with van der Waals surface area (Å²) in [5.74, 6) is 2.29. The lowest BCUT2D eigenvalue weighted by atomic mass is 9.82. The molecular formula is C33H39N3O7. The summed E-state index contributed by atoms with van der Waals surface area (Å²) in [5, 5.41) is 0. The number of amides is 2. The molecule has 228 valence electrons. The molecule has 0 saturated carbocycles. The molecule has 2 amide bonds. The molecule has 10 heteroatoms. The van der Waals surface area contributed by atoms with Gasteiger partial charge in [-0.05, 0) is 36.2 Å². The molecule has 2 aliphatic rings. The van der Waals surface area contributed by atoms with Crippen molar-refractivity contribution in [2.24, 2.45) is 5.92 Å². The van der Waals surface area contributed by atoms with Crippen molar-refractivity contribution in [2.75, 3.05) is 71.5 Å². The molecule has 3 aromatic carbocycles. The summed E-state index contributed by atoms with van der Waals surface area (Å²) in [6.45, 7) is 2.50. The fraction of sp³-hybridized carbons (Fsp3) is 0.394. The second kappa shape index (κ2) is 13.1. The summed E-state index contributed by atoms with van der Waals surface area (Å²) >= 11 is 0. The van der Waals surface area contributed by atoms with E-state index in [2.05, 4.69) is 4.90 Å². The second-order valence-corrected chi connectivity index (χ2v) is 10.5. The molecule has 0 spiro atoms. The Kier molecular flexibility index (Phi) is 9.13. The van der Waals surface area contributed by atoms with Gasteiger partial charge in [-0.2, -0.15) is 0 Å². The van der Waals surface area contributed by atoms with Crippen molar-refractivity contribution < 1.29 is 33.3 Å². The van der Waals surface area contributed by atoms with Crippen molar-refractivity contribution in [3.05, 3.63) is 66.2 Å². The SMILES string of the molecule is COc1ccc([C@H]2[C@H](C(=O)N3CCN(c4ccccc4OC)CC3)CCC(=O)N2c2cc(OC)c(OC)c(OC)c2)cc1. The van der Waals surface area contributed by atoms with Crippen LogP contribution in [-0.4, -0.2) is 78.4 Å². The van der Waals surface area contributed by atoms with E-state index in [4.69, 9.17) is 23.7 Å². The summed E-state index contributed by atoms with van der Waals surface area (Å²) in [4.78, 5) is 33.9. The molecule has 10 nitrogen and oxygen atoms in total. The molecule has 2 saturated heterocycles. The predicted molar refractivity (Wildman–Crippen MR) is 164 cm³/mol. The minimum Gasteiger partial charge on any atom is -0.497 e. The number of hydrogen-bond acceptors (Lipinski definition) is 8. The van der Waals surface area contributed by atoms with Gasteiger partial charge in [-0.15, -0.1) is 0 Å². The Morgan fingerprint density at radius 2 is 1.37 bits per heavy atom. The van der Waals surface area contributed by atoms with Gasteiger partial charge in [-0.25, -0.2) is 0 Å². The standard InChI is InChI=1S/C33H39N3O7/c1-39-24-12-10-22(11-13-24)31-25(33(38)35-18-16-34(17-19-35)26-8-6-7-9-27(26)40-2)14-15-30(37)36(31)23-20-28(41-3)32(43-5)29(21-23)42-4/h6-13,20-21,25,31H,14-19H2,1-5H3/t25-,31+/m1/s1. The van der Waals surface area contributed by atoms with Crippen molar-refractivity contribution in [3.63, 3.8) is 0 Å². The maximum absolute atomic E-state index is 14.3. The molecule has 2 fully saturated rings. The van der Waals surface area contributed by atoms with Gasteiger partial charge in [0, 0.05) is 44.7 Å². The van der Waals surface area contributed by atoms with Crippen LogP contribution in [-0.2, 0) is 9.59 Å². The van der Waals surface area contributed by atoms with E-state index >= 15 is 0 Å². The van der Waals surface area contributed by atoms with Crippen molar-refractivity contribution in [1.29, 1.82) is 0 Å². The number of methoxy groups -OCH3 is 5. The Morgan fingerprint density at radius 1 is 0.744 bits per heavy atom. The van der Waals surface area contributed by atoms with Gasteiger partial charge < -0.3 is 38.4 Å². The van der Waals surface area contributed by atoms with Crippen LogP contribution in [0.3, 0.4) is 0 Å². The van der Waals surface area contributed by atoms with Crippen LogP contribution in [0.4, 0.5) is 11.4 Å². The molecule has 3 aromatic rings. The quantitative estimate of drug-likeness (QED) is 0.359. The van der Waals surface area contributed by atoms with Crippen molar-refractivity contribution >= 4 is 23.2 Å². The molecule has 43 heavy (non-hydrogen) atoms. The highest BCUT2D eigenvalue weighted by Gasteiger charge is 2.44. The van der Waals surface area contributed by atoms with E-state index in [-0.39, 0.29) is 18.2 Å². The Morgan fingerprint density at radius 3 is 1.95 bits per heavy atom. The van der Waals surface area contributed by atoms with E-state index in [0.717, 1.165) is 17.0 Å². The lowest BCUT2D eigenvalue weighted by Crippen LogP contribution is -2.54. The predicted octanol–water partition coefficient (Wildman–Crippen LogP) is 4.56. The molecule has 0 bridgehead atoms. The van der Waals surface area contributed by atoms with E-state index in [0.29, 0.717) is 61.3 Å². The van der Waals surface area contributed by atoms with Gasteiger partial charge in [-0.3, -0.25) is 9.59 Å². The first-order valence-corrected chi connectivity index (χ1v) is 14.4. The van der Waals surface area contributed by atoms with E-state index in [1.807, 2.05) is 53.4 Å². The van der Waals surface area contributed by atoms with Crippen LogP contribution in [0.5, 0.6) is 28.7 Å². The molecule has 0 aliphatic carbocycles. The molecule has 0 unspecified atom stereocenters. The second-order valence-electron chi connectivity index (χ2n) is 10.5. The van der Waals surface area contributed by atoms with Crippen molar-refractivity contribution in [3.8, 4) is 28.7 Å². The van der Waals surface area contributed by atoms with Crippen molar-refractivity contribution in [1.82, 2.24) is 4.90 Å². The van der Waals surface area contributed by atoms with Gasteiger partial charge in [0.1, 0.15) is 11.5 Å². The fourth-order valence-electron chi connectivity index (χ4n) is 6.14. The third-order valence-electron chi connectivity index (χ3n) is 8.32. The van der Waals surface area contributed by atoms with Crippen LogP contribution in [0.25, 0.3) is 0 Å². The normalized spacial score (nSPS) is 18.7. The Bertz CT molecular complexity index is 1410. The molecule has 2 aliphatic heterocycles. The molecule has 2 atom stereocenters. The summed E-state index contributed by atoms with van der Waals surface area (Å²) in [6.07, 6.45) is 0.683. The lowest BCUT2D eigenvalue weighted by molar-refractivity contribution is -0.138. The fourth-order valence-corrected chi connectivity index (χ4v) is 6.14. The van der Waals surface area contributed by atoms with E-state index in [1.165, 1.54) is 21.3 Å². The zero-order valence-corrected chi connectivity index (χ0v) is 25.4. The molecule has 0 aromatic heterocycles. The first-order chi connectivity index (χ1) is 20.9. The highest BCUT2D eigenvalue weighted by atomic mass is 16.5. The van der Waals surface area contributed by atoms with Gasteiger partial charge in [0.2, 0.25) is 17.6 Å². The van der Waals surface area contributed by atoms with E-state index in [1.54, 1.807) is 31.3 Å². The maximum Gasteiger partial charge on any atom is 0.228 e. The lowest BCUT2D eigenvalue weighted by Gasteiger charge is -2.44. The topological polar surface area (TPSA) is 90.0 Å². The number of hydrogen-bond donors (Lipinski definition) is 0. The zero-order chi connectivity index (χ0) is 30.5. The van der Waals surface area contributed by atoms with Crippen LogP contribution in [0.15, 0.2) is 60.7 Å². The third-order valence-corrected chi connectivity index (χ3v) is 8.32. The van der Waals surface area contributed by atoms with Gasteiger partial charge in [0.25, 0.3) is 0 Å². The van der Waals surface area contributed by atoms with Gasteiger partial charge in [0.05, 0.1) is 58.9 Å². The first-order valence-electron chi connectivity index (χ1n) is 14.4. The monoisotopic (exact) mass is 589 g/mol. The molecule has 0 radical (unpaired) electrons. The molecule has 5 rings (SSSR count). The zero-order valence-electron chi connectivity index (χ0n) is 25.4. The number of carbonyl (C=O) groups excluding carboxylic acids is 2. The van der Waals surface area contributed by atoms with Gasteiger partial charge >= 0.3 is 0 Å². The van der Waals surface area contributed by atoms with Crippen LogP contribution in [0.2, 0.25) is 0 Å². The van der Waals surface area contributed by atoms with Gasteiger partial charge in [0.15, 0.2) is 11.5 Å². The summed E-state index contributed by atoms with van der Waals surface area (Å²) in [5.41, 5.74) is 2.43. The minimum atomic E-state index is -0.547. The number of rotatable bonds is 9. The molecule has 2 heterocycles. The van der Waals surface area contributed by atoms with Crippen LogP contribution in [0.1, 0.15) is 24.4 Å². The number of ether oxygens (including phenoxy) is 5. The Labute approximate surface area is 252 Å². The first kappa shape index (κ1) is 29.9. The van der Waals surface area contributed by atoms with E-state index < -0.39 is 12.0 Å². The summed E-state index contributed by atoms with van der Waals surface area (Å²) in [7, 11) is 7.89. The Hall–Kier alpha value is -4.60. The minimum absolute atomic E-state index is 0.0328. The third kappa shape index (κ3) is 5.86. The highest BCUT2D eigenvalue weighted by molar-refractivity contribution is 5.98. The largest absolute Gasteiger partial charge is 0.497 e. The molecule has 0 N–H and O–H groups in total. The average molecular weight is 590 g/mol. The van der Waals surface area contributed by atoms with Gasteiger partial charge in [-0.1, -0.05) is 24.3 Å². The Balaban J connectivity index is 1.48. The highest BCUT2D eigenvalue weighted by Crippen LogP contribution is 2.47. The number of piperidine rings is 1. The molecular weight excluding hydrogens is 550 g/mol. The smallest absolute Gasteiger partial charge is 0.228 e. The number of benzene rings is 3. The number of nitrogens with zero attached hydrogens (tertiary/aromatic N) is 3.